The first-order chi connectivity index (χ1) is 7.22. The standard InChI is InChI=1S/C10H17F2N3.ClH/c1-2-3-4-13-5-9-6-14-15(7-9)8-10(11)12;/h6-7,10,13H,2-5,8H2,1H3;1H. The smallest absolute Gasteiger partial charge is 0.257 e. The van der Waals surface area contributed by atoms with Crippen molar-refractivity contribution in [1.82, 2.24) is 15.1 Å². The van der Waals surface area contributed by atoms with Crippen LogP contribution in [0.1, 0.15) is 25.3 Å². The van der Waals surface area contributed by atoms with Crippen molar-refractivity contribution in [2.75, 3.05) is 6.54 Å². The number of hydrogen-bond acceptors (Lipinski definition) is 2. The molecule has 1 N–H and O–H groups in total. The van der Waals surface area contributed by atoms with Crippen LogP contribution >= 0.6 is 12.4 Å². The second-order valence-electron chi connectivity index (χ2n) is 3.49. The Hall–Kier alpha value is -0.680. The molecule has 1 aromatic heterocycles. The van der Waals surface area contributed by atoms with E-state index in [-0.39, 0.29) is 19.0 Å². The van der Waals surface area contributed by atoms with Crippen molar-refractivity contribution in [3.05, 3.63) is 18.0 Å². The van der Waals surface area contributed by atoms with Gasteiger partial charge in [-0.1, -0.05) is 13.3 Å². The molecule has 0 aromatic carbocycles. The maximum atomic E-state index is 12.0. The van der Waals surface area contributed by atoms with Gasteiger partial charge in [-0.3, -0.25) is 4.68 Å². The van der Waals surface area contributed by atoms with Gasteiger partial charge in [-0.05, 0) is 13.0 Å². The molecule has 0 saturated carbocycles. The van der Waals surface area contributed by atoms with Crippen molar-refractivity contribution in [1.29, 1.82) is 0 Å². The third-order valence-electron chi connectivity index (χ3n) is 2.05. The lowest BCUT2D eigenvalue weighted by Gasteiger charge is -2.00. The van der Waals surface area contributed by atoms with Crippen LogP contribution in [0.3, 0.4) is 0 Å². The van der Waals surface area contributed by atoms with E-state index in [0.29, 0.717) is 6.54 Å². The molecule has 0 fully saturated rings. The van der Waals surface area contributed by atoms with Gasteiger partial charge in [0.1, 0.15) is 6.54 Å². The number of hydrogen-bond donors (Lipinski definition) is 1. The molecule has 94 valence electrons. The van der Waals surface area contributed by atoms with Crippen LogP contribution in [-0.2, 0) is 13.1 Å². The van der Waals surface area contributed by atoms with Gasteiger partial charge in [-0.15, -0.1) is 12.4 Å². The van der Waals surface area contributed by atoms with Crippen molar-refractivity contribution in [3.63, 3.8) is 0 Å². The highest BCUT2D eigenvalue weighted by Crippen LogP contribution is 2.01. The summed E-state index contributed by atoms with van der Waals surface area (Å²) < 4.78 is 25.3. The molecule has 0 aliphatic rings. The molecular formula is C10H18ClF2N3. The Balaban J connectivity index is 0.00000225. The van der Waals surface area contributed by atoms with Crippen LogP contribution in [-0.4, -0.2) is 22.8 Å². The van der Waals surface area contributed by atoms with Gasteiger partial charge in [-0.2, -0.15) is 5.10 Å². The van der Waals surface area contributed by atoms with E-state index in [0.717, 1.165) is 24.9 Å². The van der Waals surface area contributed by atoms with Gasteiger partial charge in [0, 0.05) is 18.3 Å². The zero-order valence-corrected chi connectivity index (χ0v) is 10.1. The third-order valence-corrected chi connectivity index (χ3v) is 2.05. The molecule has 6 heteroatoms. The van der Waals surface area contributed by atoms with Crippen LogP contribution in [0, 0.1) is 0 Å². The summed E-state index contributed by atoms with van der Waals surface area (Å²) in [6.45, 7) is 3.46. The fraction of sp³-hybridized carbons (Fsp3) is 0.700. The zero-order chi connectivity index (χ0) is 11.1. The maximum Gasteiger partial charge on any atom is 0.257 e. The average Bonchev–Trinajstić information content (AvgIpc) is 2.59. The number of unbranched alkanes of at least 4 members (excludes halogenated alkanes) is 1. The van der Waals surface area contributed by atoms with E-state index in [2.05, 4.69) is 17.3 Å². The van der Waals surface area contributed by atoms with Crippen molar-refractivity contribution in [2.24, 2.45) is 0 Å². The topological polar surface area (TPSA) is 29.9 Å². The Morgan fingerprint density at radius 3 is 2.88 bits per heavy atom. The molecule has 1 aromatic rings. The Kier molecular flexibility index (Phi) is 8.11. The average molecular weight is 254 g/mol. The molecule has 0 saturated heterocycles. The lowest BCUT2D eigenvalue weighted by Crippen LogP contribution is -2.14. The first kappa shape index (κ1) is 15.3. The second-order valence-corrected chi connectivity index (χ2v) is 3.49. The SMILES string of the molecule is CCCCNCc1cnn(CC(F)F)c1.Cl. The van der Waals surface area contributed by atoms with E-state index in [4.69, 9.17) is 0 Å². The van der Waals surface area contributed by atoms with Crippen molar-refractivity contribution in [3.8, 4) is 0 Å². The first-order valence-corrected chi connectivity index (χ1v) is 5.22. The van der Waals surface area contributed by atoms with Crippen LogP contribution < -0.4 is 5.32 Å². The fourth-order valence-electron chi connectivity index (χ4n) is 1.27. The largest absolute Gasteiger partial charge is 0.313 e. The number of nitrogens with zero attached hydrogens (tertiary/aromatic N) is 2. The summed E-state index contributed by atoms with van der Waals surface area (Å²) in [4.78, 5) is 0. The monoisotopic (exact) mass is 253 g/mol. The molecule has 0 unspecified atom stereocenters. The molecule has 3 nitrogen and oxygen atoms in total. The van der Waals surface area contributed by atoms with E-state index in [9.17, 15) is 8.78 Å². The molecule has 0 radical (unpaired) electrons. The van der Waals surface area contributed by atoms with Crippen molar-refractivity contribution >= 4 is 12.4 Å². The van der Waals surface area contributed by atoms with Gasteiger partial charge < -0.3 is 5.32 Å². The van der Waals surface area contributed by atoms with Gasteiger partial charge in [0.05, 0.1) is 6.20 Å². The van der Waals surface area contributed by atoms with Gasteiger partial charge in [0.2, 0.25) is 0 Å². The number of aromatic nitrogens is 2. The lowest BCUT2D eigenvalue weighted by atomic mass is 10.3. The lowest BCUT2D eigenvalue weighted by molar-refractivity contribution is 0.122. The summed E-state index contributed by atoms with van der Waals surface area (Å²) in [5, 5.41) is 7.08. The van der Waals surface area contributed by atoms with Crippen LogP contribution in [0.25, 0.3) is 0 Å². The van der Waals surface area contributed by atoms with Gasteiger partial charge in [-0.25, -0.2) is 8.78 Å². The zero-order valence-electron chi connectivity index (χ0n) is 9.33. The fourth-order valence-corrected chi connectivity index (χ4v) is 1.27. The normalized spacial score (nSPS) is 10.5. The van der Waals surface area contributed by atoms with Crippen LogP contribution in [0.5, 0.6) is 0 Å². The van der Waals surface area contributed by atoms with E-state index >= 15 is 0 Å². The quantitative estimate of drug-likeness (QED) is 0.757. The summed E-state index contributed by atoms with van der Waals surface area (Å²) >= 11 is 0. The van der Waals surface area contributed by atoms with E-state index in [1.807, 2.05) is 0 Å². The minimum Gasteiger partial charge on any atom is -0.313 e. The number of nitrogens with one attached hydrogen (secondary N) is 1. The van der Waals surface area contributed by atoms with Crippen LogP contribution in [0.2, 0.25) is 0 Å². The van der Waals surface area contributed by atoms with Gasteiger partial charge >= 0.3 is 0 Å². The minimum absolute atomic E-state index is 0. The van der Waals surface area contributed by atoms with Crippen LogP contribution in [0.15, 0.2) is 12.4 Å². The molecule has 1 rings (SSSR count). The summed E-state index contributed by atoms with van der Waals surface area (Å²) in [5.41, 5.74) is 0.951. The number of rotatable bonds is 7. The highest BCUT2D eigenvalue weighted by Gasteiger charge is 2.05. The van der Waals surface area contributed by atoms with E-state index in [1.54, 1.807) is 12.4 Å². The molecule has 0 aliphatic heterocycles. The second kappa shape index (κ2) is 8.47. The molecular weight excluding hydrogens is 236 g/mol. The van der Waals surface area contributed by atoms with E-state index < -0.39 is 6.43 Å². The predicted molar refractivity (Wildman–Crippen MR) is 62.1 cm³/mol. The minimum atomic E-state index is -2.34. The van der Waals surface area contributed by atoms with Crippen molar-refractivity contribution in [2.45, 2.75) is 39.3 Å². The number of alkyl halides is 2. The van der Waals surface area contributed by atoms with Gasteiger partial charge in [0.25, 0.3) is 6.43 Å². The molecule has 0 spiro atoms. The Labute approximate surface area is 101 Å². The highest BCUT2D eigenvalue weighted by atomic mass is 35.5. The summed E-state index contributed by atoms with van der Waals surface area (Å²) in [6, 6.07) is 0. The molecule has 16 heavy (non-hydrogen) atoms. The highest BCUT2D eigenvalue weighted by molar-refractivity contribution is 5.85. The Morgan fingerprint density at radius 1 is 1.50 bits per heavy atom. The summed E-state index contributed by atoms with van der Waals surface area (Å²) in [6.07, 6.45) is 3.22. The Morgan fingerprint density at radius 2 is 2.25 bits per heavy atom. The van der Waals surface area contributed by atoms with Gasteiger partial charge in [0.15, 0.2) is 0 Å². The summed E-state index contributed by atoms with van der Waals surface area (Å²) in [7, 11) is 0. The maximum absolute atomic E-state index is 12.0. The van der Waals surface area contributed by atoms with Crippen LogP contribution in [0.4, 0.5) is 8.78 Å². The van der Waals surface area contributed by atoms with E-state index in [1.165, 1.54) is 4.68 Å². The van der Waals surface area contributed by atoms with Crippen molar-refractivity contribution < 1.29 is 8.78 Å². The molecule has 0 bridgehead atoms. The predicted octanol–water partition coefficient (Wildman–Crippen LogP) is 2.46. The Bertz CT molecular complexity index is 279. The molecule has 0 aliphatic carbocycles. The summed E-state index contributed by atoms with van der Waals surface area (Å²) in [5.74, 6) is 0. The third kappa shape index (κ3) is 6.02. The molecule has 1 heterocycles. The first-order valence-electron chi connectivity index (χ1n) is 5.22. The molecule has 0 atom stereocenters. The number of halogens is 3. The molecule has 0 amide bonds.